The fourth-order valence-electron chi connectivity index (χ4n) is 2.88. The molecule has 9 heteroatoms. The fourth-order valence-corrected chi connectivity index (χ4v) is 2.99. The number of carbonyl (C=O) groups is 1. The van der Waals surface area contributed by atoms with Gasteiger partial charge in [-0.15, -0.1) is 0 Å². The predicted molar refractivity (Wildman–Crippen MR) is 101 cm³/mol. The summed E-state index contributed by atoms with van der Waals surface area (Å²) in [6.07, 6.45) is -0.311. The molecule has 1 N–H and O–H groups in total. The Kier molecular flexibility index (Phi) is 6.30. The van der Waals surface area contributed by atoms with Crippen LogP contribution in [0, 0.1) is 5.41 Å². The van der Waals surface area contributed by atoms with E-state index < -0.39 is 11.2 Å². The van der Waals surface area contributed by atoms with E-state index in [9.17, 15) is 8.68 Å². The van der Waals surface area contributed by atoms with E-state index in [1.165, 1.54) is 0 Å². The van der Waals surface area contributed by atoms with Crippen molar-refractivity contribution in [1.82, 2.24) is 4.90 Å². The highest BCUT2D eigenvalue weighted by atomic mass is 35.5. The van der Waals surface area contributed by atoms with Gasteiger partial charge in [0.05, 0.1) is 19.7 Å². The number of fused-ring (bicyclic) bond motifs is 2. The van der Waals surface area contributed by atoms with Crippen LogP contribution in [0.4, 0.5) is 8.68 Å². The van der Waals surface area contributed by atoms with Crippen LogP contribution in [0.25, 0.3) is 0 Å². The molecule has 0 radical (unpaired) electrons. The summed E-state index contributed by atoms with van der Waals surface area (Å²) in [5.41, 5.74) is 1.87. The molecule has 0 saturated carbocycles. The van der Waals surface area contributed by atoms with Crippen LogP contribution in [0.3, 0.4) is 0 Å². The maximum absolute atomic E-state index is 12.0. The number of ether oxygens (including phenoxy) is 2. The summed E-state index contributed by atoms with van der Waals surface area (Å²) in [5.74, 6) is 0. The van der Waals surface area contributed by atoms with E-state index in [4.69, 9.17) is 26.5 Å². The molecule has 1 fully saturated rings. The van der Waals surface area contributed by atoms with Crippen molar-refractivity contribution in [3.63, 3.8) is 0 Å². The zero-order chi connectivity index (χ0) is 18.8. The molecule has 0 aromatic heterocycles. The highest BCUT2D eigenvalue weighted by Gasteiger charge is 2.52. The van der Waals surface area contributed by atoms with Crippen LogP contribution >= 0.6 is 34.4 Å². The SMILES string of the molecule is CC(C)(C)OC(=O)N1CC2(C1)OCc1cc(C(=N)Cl)ccc12.FSS. The van der Waals surface area contributed by atoms with Gasteiger partial charge >= 0.3 is 6.09 Å². The quantitative estimate of drug-likeness (QED) is 0.404. The molecule has 1 amide bonds. The lowest BCUT2D eigenvalue weighted by Gasteiger charge is -2.47. The first-order chi connectivity index (χ1) is 11.6. The topological polar surface area (TPSA) is 62.6 Å². The minimum absolute atomic E-state index is 0.0211. The lowest BCUT2D eigenvalue weighted by atomic mass is 9.85. The zero-order valence-electron chi connectivity index (χ0n) is 14.1. The average molecular weight is 407 g/mol. The number of carbonyl (C=O) groups excluding carboxylic acids is 1. The molecule has 2 aliphatic heterocycles. The molecule has 25 heavy (non-hydrogen) atoms. The van der Waals surface area contributed by atoms with Crippen molar-refractivity contribution >= 4 is 45.7 Å². The van der Waals surface area contributed by atoms with Crippen LogP contribution in [-0.2, 0) is 21.7 Å². The molecule has 3 rings (SSSR count). The summed E-state index contributed by atoms with van der Waals surface area (Å²) in [5, 5.41) is 7.50. The van der Waals surface area contributed by atoms with Crippen LogP contribution in [0.5, 0.6) is 0 Å². The van der Waals surface area contributed by atoms with Crippen LogP contribution < -0.4 is 0 Å². The van der Waals surface area contributed by atoms with Gasteiger partial charge in [-0.2, -0.15) is 3.89 Å². The smallest absolute Gasteiger partial charge is 0.410 e. The Morgan fingerprint density at radius 1 is 1.48 bits per heavy atom. The second-order valence-electron chi connectivity index (χ2n) is 6.87. The third-order valence-electron chi connectivity index (χ3n) is 3.90. The van der Waals surface area contributed by atoms with Crippen molar-refractivity contribution in [3.05, 3.63) is 34.9 Å². The molecule has 1 aromatic carbocycles. The fraction of sp³-hybridized carbons (Fsp3) is 0.500. The molecule has 138 valence electrons. The monoisotopic (exact) mass is 406 g/mol. The van der Waals surface area contributed by atoms with Gasteiger partial charge < -0.3 is 14.4 Å². The summed E-state index contributed by atoms with van der Waals surface area (Å²) in [6.45, 7) is 7.02. The minimum atomic E-state index is -0.496. The van der Waals surface area contributed by atoms with Crippen LogP contribution in [0.1, 0.15) is 37.5 Å². The van der Waals surface area contributed by atoms with Gasteiger partial charge in [-0.3, -0.25) is 5.41 Å². The maximum Gasteiger partial charge on any atom is 0.410 e. The number of hydrogen-bond donors (Lipinski definition) is 2. The summed E-state index contributed by atoms with van der Waals surface area (Å²) < 4.78 is 21.4. The van der Waals surface area contributed by atoms with E-state index in [2.05, 4.69) is 11.7 Å². The Bertz CT molecular complexity index is 676. The molecule has 1 aromatic rings. The third-order valence-corrected chi connectivity index (χ3v) is 4.12. The van der Waals surface area contributed by atoms with Crippen molar-refractivity contribution in [2.75, 3.05) is 13.1 Å². The third kappa shape index (κ3) is 4.61. The molecule has 1 saturated heterocycles. The molecule has 5 nitrogen and oxygen atoms in total. The van der Waals surface area contributed by atoms with Crippen molar-refractivity contribution in [1.29, 1.82) is 5.41 Å². The summed E-state index contributed by atoms with van der Waals surface area (Å²) in [7, 11) is 0. The summed E-state index contributed by atoms with van der Waals surface area (Å²) in [4.78, 5) is 13.7. The Morgan fingerprint density at radius 2 is 2.08 bits per heavy atom. The highest BCUT2D eigenvalue weighted by Crippen LogP contribution is 2.44. The van der Waals surface area contributed by atoms with Gasteiger partial charge in [0.1, 0.15) is 27.6 Å². The molecular weight excluding hydrogens is 387 g/mol. The van der Waals surface area contributed by atoms with Crippen molar-refractivity contribution in [2.45, 2.75) is 38.6 Å². The number of benzene rings is 1. The van der Waals surface area contributed by atoms with E-state index in [1.54, 1.807) is 4.90 Å². The number of nitrogens with one attached hydrogen (secondary N) is 1. The molecule has 2 heterocycles. The van der Waals surface area contributed by atoms with E-state index in [0.29, 0.717) is 25.3 Å². The second kappa shape index (κ2) is 7.73. The molecule has 0 bridgehead atoms. The molecular formula is C16H20ClFN2O3S2. The number of amides is 1. The lowest BCUT2D eigenvalue weighted by molar-refractivity contribution is -0.137. The molecule has 0 atom stereocenters. The van der Waals surface area contributed by atoms with Crippen LogP contribution in [-0.4, -0.2) is 34.9 Å². The van der Waals surface area contributed by atoms with Gasteiger partial charge in [0, 0.05) is 5.56 Å². The van der Waals surface area contributed by atoms with Gasteiger partial charge in [-0.1, -0.05) is 35.4 Å². The van der Waals surface area contributed by atoms with Gasteiger partial charge in [-0.05, 0) is 38.0 Å². The van der Waals surface area contributed by atoms with Crippen molar-refractivity contribution < 1.29 is 18.2 Å². The first kappa shape index (κ1) is 20.4. The van der Waals surface area contributed by atoms with Crippen LogP contribution in [0.2, 0.25) is 0 Å². The Labute approximate surface area is 160 Å². The maximum atomic E-state index is 12.0. The van der Waals surface area contributed by atoms with Crippen molar-refractivity contribution in [3.8, 4) is 0 Å². The standard InChI is InChI=1S/C16H19ClN2O3.FHS2/c1-15(2,3)22-14(20)19-8-16(9-19)12-5-4-10(13(17)18)6-11(12)7-21-16;1-3-2/h4-6,18H,7-9H2,1-3H3;2H. The number of halogens is 2. The molecule has 2 aliphatic rings. The second-order valence-corrected chi connectivity index (χ2v) is 7.80. The van der Waals surface area contributed by atoms with E-state index in [1.807, 2.05) is 39.0 Å². The predicted octanol–water partition coefficient (Wildman–Crippen LogP) is 4.68. The number of rotatable bonds is 1. The average Bonchev–Trinajstić information content (AvgIpc) is 2.83. The number of hydrogen-bond acceptors (Lipinski definition) is 6. The van der Waals surface area contributed by atoms with E-state index in [0.717, 1.165) is 11.1 Å². The van der Waals surface area contributed by atoms with Crippen molar-refractivity contribution in [2.24, 2.45) is 0 Å². The molecule has 0 aliphatic carbocycles. The van der Waals surface area contributed by atoms with E-state index >= 15 is 0 Å². The Balaban J connectivity index is 0.000000701. The highest BCUT2D eigenvalue weighted by molar-refractivity contribution is 8.66. The summed E-state index contributed by atoms with van der Waals surface area (Å²) in [6, 6.07) is 5.65. The van der Waals surface area contributed by atoms with E-state index in [-0.39, 0.29) is 22.4 Å². The van der Waals surface area contributed by atoms with Crippen LogP contribution in [0.15, 0.2) is 18.2 Å². The van der Waals surface area contributed by atoms with Gasteiger partial charge in [-0.25, -0.2) is 4.79 Å². The summed E-state index contributed by atoms with van der Waals surface area (Å²) >= 11 is 8.71. The van der Waals surface area contributed by atoms with Gasteiger partial charge in [0.15, 0.2) is 0 Å². The van der Waals surface area contributed by atoms with Gasteiger partial charge in [0.25, 0.3) is 0 Å². The normalized spacial score (nSPS) is 17.3. The Hall–Kier alpha value is -0.960. The number of nitrogens with zero attached hydrogens (tertiary/aromatic N) is 1. The first-order valence-electron chi connectivity index (χ1n) is 7.54. The number of likely N-dealkylation sites (tertiary alicyclic amines) is 1. The minimum Gasteiger partial charge on any atom is -0.444 e. The zero-order valence-corrected chi connectivity index (χ0v) is 16.6. The largest absolute Gasteiger partial charge is 0.444 e. The van der Waals surface area contributed by atoms with Gasteiger partial charge in [0.2, 0.25) is 0 Å². The molecule has 1 spiro atoms. The lowest BCUT2D eigenvalue weighted by Crippen LogP contribution is -2.61. The number of thiol groups is 1. The Morgan fingerprint density at radius 3 is 2.60 bits per heavy atom. The first-order valence-corrected chi connectivity index (χ1v) is 9.68. The molecule has 0 unspecified atom stereocenters.